The Hall–Kier alpha value is -1.54. The molecule has 2 atom stereocenters. The van der Waals surface area contributed by atoms with Gasteiger partial charge in [0.2, 0.25) is 0 Å². The van der Waals surface area contributed by atoms with Crippen LogP contribution in [0.4, 0.5) is 13.2 Å². The van der Waals surface area contributed by atoms with Gasteiger partial charge in [-0.15, -0.1) is 0 Å². The summed E-state index contributed by atoms with van der Waals surface area (Å²) in [6.07, 6.45) is 0.927. The van der Waals surface area contributed by atoms with Gasteiger partial charge in [-0.25, -0.2) is 0 Å². The topological polar surface area (TPSA) is 44.5 Å². The molecule has 0 saturated heterocycles. The molecule has 0 aliphatic heterocycles. The average Bonchev–Trinajstić information content (AvgIpc) is 3.13. The highest BCUT2D eigenvalue weighted by Gasteiger charge is 2.40. The minimum atomic E-state index is -4.55. The highest BCUT2D eigenvalue weighted by molar-refractivity contribution is 6.74. The molecule has 1 aromatic heterocycles. The number of hydrogen-bond donors (Lipinski definition) is 0. The van der Waals surface area contributed by atoms with E-state index in [4.69, 9.17) is 13.7 Å². The number of aryl methyl sites for hydroxylation is 1. The number of halogens is 3. The van der Waals surface area contributed by atoms with E-state index in [1.165, 1.54) is 6.07 Å². The Bertz CT molecular complexity index is 918. The van der Waals surface area contributed by atoms with Crippen LogP contribution in [0.2, 0.25) is 18.1 Å². The second-order valence-electron chi connectivity index (χ2n) is 10.5. The smallest absolute Gasteiger partial charge is 0.437 e. The van der Waals surface area contributed by atoms with Gasteiger partial charge in [0.25, 0.3) is 0 Å². The molecule has 0 radical (unpaired) electrons. The average molecular weight is 472 g/mol. The molecule has 4 nitrogen and oxygen atoms in total. The van der Waals surface area contributed by atoms with Crippen molar-refractivity contribution in [1.82, 2.24) is 5.16 Å². The van der Waals surface area contributed by atoms with Crippen molar-refractivity contribution in [1.29, 1.82) is 0 Å². The first-order valence-electron chi connectivity index (χ1n) is 11.6. The predicted molar refractivity (Wildman–Crippen MR) is 123 cm³/mol. The molecule has 0 amide bonds. The van der Waals surface area contributed by atoms with Gasteiger partial charge in [0.15, 0.2) is 19.6 Å². The molecule has 1 aromatic carbocycles. The predicted octanol–water partition coefficient (Wildman–Crippen LogP) is 7.76. The van der Waals surface area contributed by atoms with Crippen LogP contribution in [-0.4, -0.2) is 26.2 Å². The standard InChI is InChI=1S/C24H36F3NO3Si/c1-7-10-17-20(14-13-18-21(17)31-28-22(18)24(25,26)27)30-19-12-9-8-11-16(19)15-29-32(5,6)23(2,3)4/h13-14,16,19H,7-12,15H2,1-6H3/t16-,19-/m1/s1. The molecular formula is C24H36F3NO3Si. The van der Waals surface area contributed by atoms with Gasteiger partial charge in [-0.2, -0.15) is 13.2 Å². The third-order valence-corrected chi connectivity index (χ3v) is 11.6. The zero-order valence-corrected chi connectivity index (χ0v) is 21.1. The summed E-state index contributed by atoms with van der Waals surface area (Å²) in [5.74, 6) is 0.872. The summed E-state index contributed by atoms with van der Waals surface area (Å²) in [5.41, 5.74) is -0.126. The molecule has 180 valence electrons. The number of benzene rings is 1. The van der Waals surface area contributed by atoms with Crippen molar-refractivity contribution >= 4 is 19.3 Å². The summed E-state index contributed by atoms with van der Waals surface area (Å²) in [6, 6.07) is 3.08. The highest BCUT2D eigenvalue weighted by Crippen LogP contribution is 2.41. The second kappa shape index (κ2) is 9.37. The molecule has 0 N–H and O–H groups in total. The van der Waals surface area contributed by atoms with E-state index in [0.29, 0.717) is 24.3 Å². The van der Waals surface area contributed by atoms with Gasteiger partial charge in [-0.3, -0.25) is 0 Å². The van der Waals surface area contributed by atoms with E-state index in [1.807, 2.05) is 6.92 Å². The molecule has 1 fully saturated rings. The lowest BCUT2D eigenvalue weighted by atomic mass is 9.87. The van der Waals surface area contributed by atoms with Crippen molar-refractivity contribution in [3.8, 4) is 5.75 Å². The van der Waals surface area contributed by atoms with Crippen LogP contribution in [0.25, 0.3) is 11.0 Å². The van der Waals surface area contributed by atoms with E-state index in [9.17, 15) is 13.2 Å². The van der Waals surface area contributed by atoms with Gasteiger partial charge in [0.05, 0.1) is 5.39 Å². The zero-order chi connectivity index (χ0) is 23.7. The van der Waals surface area contributed by atoms with E-state index in [-0.39, 0.29) is 28.0 Å². The molecule has 1 heterocycles. The molecule has 1 aliphatic carbocycles. The van der Waals surface area contributed by atoms with Crippen molar-refractivity contribution in [3.05, 3.63) is 23.4 Å². The monoisotopic (exact) mass is 471 g/mol. The van der Waals surface area contributed by atoms with Crippen molar-refractivity contribution < 1.29 is 26.9 Å². The maximum absolute atomic E-state index is 13.3. The number of rotatable bonds is 7. The fourth-order valence-corrected chi connectivity index (χ4v) is 5.12. The maximum atomic E-state index is 13.3. The fraction of sp³-hybridized carbons (Fsp3) is 0.708. The Kier molecular flexibility index (Phi) is 7.35. The summed E-state index contributed by atoms with van der Waals surface area (Å²) in [4.78, 5) is 0. The Morgan fingerprint density at radius 2 is 1.81 bits per heavy atom. The Morgan fingerprint density at radius 1 is 1.12 bits per heavy atom. The normalized spacial score (nSPS) is 20.7. The van der Waals surface area contributed by atoms with Gasteiger partial charge in [-0.05, 0) is 55.9 Å². The van der Waals surface area contributed by atoms with Gasteiger partial charge >= 0.3 is 6.18 Å². The van der Waals surface area contributed by atoms with Crippen molar-refractivity contribution in [3.63, 3.8) is 0 Å². The van der Waals surface area contributed by atoms with Gasteiger partial charge < -0.3 is 13.7 Å². The van der Waals surface area contributed by atoms with E-state index in [2.05, 4.69) is 39.0 Å². The minimum absolute atomic E-state index is 0.00486. The number of alkyl halides is 3. The number of fused-ring (bicyclic) bond motifs is 1. The zero-order valence-electron chi connectivity index (χ0n) is 20.1. The summed E-state index contributed by atoms with van der Waals surface area (Å²) < 4.78 is 58.0. The van der Waals surface area contributed by atoms with Crippen LogP contribution in [0.5, 0.6) is 5.75 Å². The van der Waals surface area contributed by atoms with Crippen LogP contribution >= 0.6 is 0 Å². The molecular weight excluding hydrogens is 435 g/mol. The number of hydrogen-bond acceptors (Lipinski definition) is 4. The van der Waals surface area contributed by atoms with Gasteiger partial charge in [-0.1, -0.05) is 45.7 Å². The van der Waals surface area contributed by atoms with Crippen LogP contribution < -0.4 is 4.74 Å². The van der Waals surface area contributed by atoms with Gasteiger partial charge in [0.1, 0.15) is 11.9 Å². The Labute approximate surface area is 190 Å². The van der Waals surface area contributed by atoms with Crippen LogP contribution in [0.1, 0.15) is 71.1 Å². The molecule has 2 aromatic rings. The molecule has 32 heavy (non-hydrogen) atoms. The summed E-state index contributed by atoms with van der Waals surface area (Å²) in [7, 11) is -1.87. The van der Waals surface area contributed by atoms with Gasteiger partial charge in [0, 0.05) is 18.1 Å². The summed E-state index contributed by atoms with van der Waals surface area (Å²) in [6.45, 7) is 13.8. The van der Waals surface area contributed by atoms with Crippen molar-refractivity contribution in [2.45, 2.75) is 96.6 Å². The SMILES string of the molecule is CCCc1c(O[C@@H]2CCCC[C@@H]2CO[Si](C)(C)C(C)(C)C)ccc2c(C(F)(F)F)noc12. The Balaban J connectivity index is 1.85. The maximum Gasteiger partial charge on any atom is 0.437 e. The first kappa shape index (κ1) is 25.1. The lowest BCUT2D eigenvalue weighted by Gasteiger charge is -2.39. The number of aromatic nitrogens is 1. The van der Waals surface area contributed by atoms with Crippen molar-refractivity contribution in [2.24, 2.45) is 5.92 Å². The third-order valence-electron chi connectivity index (χ3n) is 7.05. The van der Waals surface area contributed by atoms with E-state index in [1.54, 1.807) is 6.07 Å². The Morgan fingerprint density at radius 3 is 2.44 bits per heavy atom. The minimum Gasteiger partial charge on any atom is -0.490 e. The number of ether oxygens (including phenoxy) is 1. The third kappa shape index (κ3) is 5.33. The molecule has 0 spiro atoms. The molecule has 3 rings (SSSR count). The molecule has 0 unspecified atom stereocenters. The molecule has 1 aliphatic rings. The summed E-state index contributed by atoms with van der Waals surface area (Å²) in [5, 5.41) is 3.45. The highest BCUT2D eigenvalue weighted by atomic mass is 28.4. The largest absolute Gasteiger partial charge is 0.490 e. The first-order chi connectivity index (χ1) is 14.8. The first-order valence-corrected chi connectivity index (χ1v) is 14.5. The van der Waals surface area contributed by atoms with Crippen LogP contribution in [0.3, 0.4) is 0 Å². The molecule has 8 heteroatoms. The fourth-order valence-electron chi connectivity index (χ4n) is 4.06. The second-order valence-corrected chi connectivity index (χ2v) is 15.3. The molecule has 0 bridgehead atoms. The van der Waals surface area contributed by atoms with E-state index in [0.717, 1.165) is 32.1 Å². The lowest BCUT2D eigenvalue weighted by Crippen LogP contribution is -2.44. The quantitative estimate of drug-likeness (QED) is 0.387. The summed E-state index contributed by atoms with van der Waals surface area (Å²) >= 11 is 0. The number of nitrogens with zero attached hydrogens (tertiary/aromatic N) is 1. The van der Waals surface area contributed by atoms with Crippen molar-refractivity contribution in [2.75, 3.05) is 6.61 Å². The molecule has 1 saturated carbocycles. The van der Waals surface area contributed by atoms with E-state index >= 15 is 0 Å². The van der Waals surface area contributed by atoms with Crippen LogP contribution in [0, 0.1) is 5.92 Å². The van der Waals surface area contributed by atoms with Crippen LogP contribution in [0.15, 0.2) is 16.7 Å². The lowest BCUT2D eigenvalue weighted by molar-refractivity contribution is -0.141. The van der Waals surface area contributed by atoms with Crippen LogP contribution in [-0.2, 0) is 17.0 Å². The van der Waals surface area contributed by atoms with E-state index < -0.39 is 20.2 Å².